The first kappa shape index (κ1) is 22.8. The minimum absolute atomic E-state index is 0.0318. The Morgan fingerprint density at radius 2 is 1.65 bits per heavy atom. The molecular weight excluding hydrogens is 504 g/mol. The average molecular weight is 532 g/mol. The summed E-state index contributed by atoms with van der Waals surface area (Å²) < 4.78 is 3.38. The zero-order chi connectivity index (χ0) is 24.0. The van der Waals surface area contributed by atoms with Crippen LogP contribution in [0.4, 0.5) is 5.69 Å². The predicted octanol–water partition coefficient (Wildman–Crippen LogP) is 7.05. The van der Waals surface area contributed by atoms with Crippen molar-refractivity contribution in [3.05, 3.63) is 111 Å². The molecular formula is C28H27BrN4S. The standard InChI is InChI=1S/C28H27BrN4S/c1-17-12-18(2)14-23(13-17)33-27(26(31-28(33)34)25-10-5-6-11-30-25)24-15-19(3)32(20(24)4)22-9-7-8-21(29)16-22/h5-16,26-27H,1-4H3,(H,31,34)/t26-,27-/m1/s1. The molecule has 172 valence electrons. The summed E-state index contributed by atoms with van der Waals surface area (Å²) in [6, 6.07) is 23.3. The topological polar surface area (TPSA) is 33.1 Å². The Balaban J connectivity index is 1.70. The molecule has 0 aliphatic carbocycles. The summed E-state index contributed by atoms with van der Waals surface area (Å²) in [6.07, 6.45) is 1.85. The largest absolute Gasteiger partial charge is 0.351 e. The second kappa shape index (κ2) is 9.01. The Morgan fingerprint density at radius 3 is 2.32 bits per heavy atom. The summed E-state index contributed by atoms with van der Waals surface area (Å²) in [5, 5.41) is 4.31. The molecule has 34 heavy (non-hydrogen) atoms. The molecule has 0 radical (unpaired) electrons. The molecule has 2 aromatic heterocycles. The fourth-order valence-electron chi connectivity index (χ4n) is 5.14. The number of anilines is 1. The first-order chi connectivity index (χ1) is 16.3. The Hall–Kier alpha value is -2.96. The van der Waals surface area contributed by atoms with E-state index in [0.717, 1.165) is 26.7 Å². The quantitative estimate of drug-likeness (QED) is 0.286. The smallest absolute Gasteiger partial charge is 0.174 e. The van der Waals surface area contributed by atoms with Gasteiger partial charge in [-0.15, -0.1) is 0 Å². The van der Waals surface area contributed by atoms with Crippen molar-refractivity contribution in [1.82, 2.24) is 14.9 Å². The molecule has 1 N–H and O–H groups in total. The number of benzene rings is 2. The van der Waals surface area contributed by atoms with Gasteiger partial charge in [0.15, 0.2) is 5.11 Å². The zero-order valence-corrected chi connectivity index (χ0v) is 22.1. The molecule has 1 fully saturated rings. The van der Waals surface area contributed by atoms with Crippen LogP contribution in [0, 0.1) is 27.7 Å². The van der Waals surface area contributed by atoms with Crippen molar-refractivity contribution in [3.63, 3.8) is 0 Å². The molecule has 1 aliphatic rings. The van der Waals surface area contributed by atoms with Crippen molar-refractivity contribution < 1.29 is 0 Å². The fraction of sp³-hybridized carbons (Fsp3) is 0.214. The van der Waals surface area contributed by atoms with Crippen LogP contribution in [0.1, 0.15) is 45.9 Å². The molecule has 2 atom stereocenters. The number of halogens is 1. The van der Waals surface area contributed by atoms with E-state index < -0.39 is 0 Å². The molecule has 0 saturated carbocycles. The highest BCUT2D eigenvalue weighted by Gasteiger charge is 2.42. The van der Waals surface area contributed by atoms with Gasteiger partial charge in [-0.2, -0.15) is 0 Å². The van der Waals surface area contributed by atoms with E-state index in [2.05, 4.69) is 113 Å². The van der Waals surface area contributed by atoms with Gasteiger partial charge in [0.1, 0.15) is 0 Å². The van der Waals surface area contributed by atoms with E-state index in [1.165, 1.54) is 28.1 Å². The lowest BCUT2D eigenvalue weighted by Crippen LogP contribution is -2.29. The van der Waals surface area contributed by atoms with Gasteiger partial charge in [-0.1, -0.05) is 34.1 Å². The third kappa shape index (κ3) is 4.05. The number of hydrogen-bond donors (Lipinski definition) is 1. The van der Waals surface area contributed by atoms with Gasteiger partial charge in [0.05, 0.1) is 17.8 Å². The van der Waals surface area contributed by atoms with E-state index in [0.29, 0.717) is 0 Å². The van der Waals surface area contributed by atoms with E-state index in [1.54, 1.807) is 0 Å². The highest BCUT2D eigenvalue weighted by Crippen LogP contribution is 2.44. The lowest BCUT2D eigenvalue weighted by Gasteiger charge is -2.29. The number of thiocarbonyl (C=S) groups is 1. The predicted molar refractivity (Wildman–Crippen MR) is 147 cm³/mol. The van der Waals surface area contributed by atoms with Crippen LogP contribution in [-0.2, 0) is 0 Å². The van der Waals surface area contributed by atoms with Gasteiger partial charge in [-0.05, 0) is 105 Å². The van der Waals surface area contributed by atoms with E-state index in [1.807, 2.05) is 18.3 Å². The van der Waals surface area contributed by atoms with Crippen molar-refractivity contribution in [2.45, 2.75) is 39.8 Å². The molecule has 3 heterocycles. The van der Waals surface area contributed by atoms with Gasteiger partial charge in [-0.3, -0.25) is 4.98 Å². The molecule has 4 nitrogen and oxygen atoms in total. The number of hydrogen-bond acceptors (Lipinski definition) is 2. The van der Waals surface area contributed by atoms with Crippen LogP contribution in [0.2, 0.25) is 0 Å². The zero-order valence-electron chi connectivity index (χ0n) is 19.7. The summed E-state index contributed by atoms with van der Waals surface area (Å²) in [4.78, 5) is 6.97. The number of nitrogens with one attached hydrogen (secondary N) is 1. The van der Waals surface area contributed by atoms with Gasteiger partial charge >= 0.3 is 0 Å². The van der Waals surface area contributed by atoms with Crippen LogP contribution in [-0.4, -0.2) is 14.7 Å². The van der Waals surface area contributed by atoms with E-state index in [4.69, 9.17) is 17.2 Å². The van der Waals surface area contributed by atoms with Gasteiger partial charge in [0, 0.05) is 33.4 Å². The van der Waals surface area contributed by atoms with Gasteiger partial charge in [0.2, 0.25) is 0 Å². The normalized spacial score (nSPS) is 17.8. The third-order valence-electron chi connectivity index (χ3n) is 6.44. The van der Waals surface area contributed by atoms with Crippen LogP contribution >= 0.6 is 28.1 Å². The Morgan fingerprint density at radius 1 is 0.882 bits per heavy atom. The number of nitrogens with zero attached hydrogens (tertiary/aromatic N) is 3. The van der Waals surface area contributed by atoms with Crippen molar-refractivity contribution in [2.24, 2.45) is 0 Å². The summed E-state index contributed by atoms with van der Waals surface area (Å²) in [5.74, 6) is 0. The van der Waals surface area contributed by atoms with Crippen molar-refractivity contribution in [1.29, 1.82) is 0 Å². The van der Waals surface area contributed by atoms with Crippen molar-refractivity contribution >= 4 is 38.9 Å². The number of aromatic nitrogens is 2. The molecule has 1 saturated heterocycles. The first-order valence-electron chi connectivity index (χ1n) is 11.4. The van der Waals surface area contributed by atoms with Crippen LogP contribution in [0.3, 0.4) is 0 Å². The summed E-state index contributed by atoms with van der Waals surface area (Å²) >= 11 is 9.56. The molecule has 0 amide bonds. The van der Waals surface area contributed by atoms with E-state index >= 15 is 0 Å². The van der Waals surface area contributed by atoms with E-state index in [9.17, 15) is 0 Å². The lowest BCUT2D eigenvalue weighted by atomic mass is 9.96. The number of aryl methyl sites for hydroxylation is 3. The second-order valence-electron chi connectivity index (χ2n) is 8.98. The Kier molecular flexibility index (Phi) is 6.04. The van der Waals surface area contributed by atoms with Crippen LogP contribution in [0.5, 0.6) is 0 Å². The minimum Gasteiger partial charge on any atom is -0.351 e. The Labute approximate surface area is 214 Å². The fourth-order valence-corrected chi connectivity index (χ4v) is 5.87. The summed E-state index contributed by atoms with van der Waals surface area (Å²) in [7, 11) is 0. The molecule has 1 aliphatic heterocycles. The maximum absolute atomic E-state index is 5.93. The van der Waals surface area contributed by atoms with Crippen molar-refractivity contribution in [2.75, 3.05) is 4.90 Å². The molecule has 0 bridgehead atoms. The molecule has 0 spiro atoms. The van der Waals surface area contributed by atoms with Gasteiger partial charge < -0.3 is 14.8 Å². The summed E-state index contributed by atoms with van der Waals surface area (Å²) in [5.41, 5.74) is 9.27. The number of pyridine rings is 1. The number of rotatable bonds is 4. The second-order valence-corrected chi connectivity index (χ2v) is 10.3. The maximum atomic E-state index is 5.93. The first-order valence-corrected chi connectivity index (χ1v) is 12.6. The maximum Gasteiger partial charge on any atom is 0.174 e. The van der Waals surface area contributed by atoms with Crippen LogP contribution in [0.15, 0.2) is 77.4 Å². The average Bonchev–Trinajstić information content (AvgIpc) is 3.29. The molecule has 2 aromatic carbocycles. The van der Waals surface area contributed by atoms with Crippen LogP contribution in [0.25, 0.3) is 5.69 Å². The monoisotopic (exact) mass is 530 g/mol. The SMILES string of the molecule is Cc1cc(C)cc(N2C(=S)N[C@H](c3ccccn3)[C@H]2c2cc(C)n(-c3cccc(Br)c3)c2C)c1. The van der Waals surface area contributed by atoms with Gasteiger partial charge in [0.25, 0.3) is 0 Å². The molecule has 5 rings (SSSR count). The van der Waals surface area contributed by atoms with Crippen molar-refractivity contribution in [3.8, 4) is 5.69 Å². The third-order valence-corrected chi connectivity index (χ3v) is 7.25. The minimum atomic E-state index is -0.0639. The molecule has 0 unspecified atom stereocenters. The molecule has 4 aromatic rings. The Bertz CT molecular complexity index is 1360. The molecule has 6 heteroatoms. The van der Waals surface area contributed by atoms with Crippen LogP contribution < -0.4 is 10.2 Å². The van der Waals surface area contributed by atoms with E-state index in [-0.39, 0.29) is 12.1 Å². The summed E-state index contributed by atoms with van der Waals surface area (Å²) in [6.45, 7) is 8.62. The lowest BCUT2D eigenvalue weighted by molar-refractivity contribution is 0.565. The highest BCUT2D eigenvalue weighted by atomic mass is 79.9. The van der Waals surface area contributed by atoms with Gasteiger partial charge in [-0.25, -0.2) is 0 Å². The highest BCUT2D eigenvalue weighted by molar-refractivity contribution is 9.10.